The third kappa shape index (κ3) is 5.82. The number of nitrogens with zero attached hydrogens (tertiary/aromatic N) is 2. The van der Waals surface area contributed by atoms with E-state index in [1.165, 1.54) is 24.4 Å². The number of unbranched alkanes of at least 4 members (excludes halogenated alkanes) is 1. The maximum Gasteiger partial charge on any atom is 0.170 e. The molecule has 0 bridgehead atoms. The third-order valence-electron chi connectivity index (χ3n) is 2.11. The number of hydrogen-bond donors (Lipinski definition) is 1. The lowest BCUT2D eigenvalue weighted by Gasteiger charge is -2.06. The van der Waals surface area contributed by atoms with E-state index in [9.17, 15) is 0 Å². The van der Waals surface area contributed by atoms with Crippen molar-refractivity contribution in [1.29, 1.82) is 0 Å². The molecule has 1 aromatic rings. The molecule has 0 atom stereocenters. The molecular formula is C11H21N3S2. The first kappa shape index (κ1) is 13.9. The van der Waals surface area contributed by atoms with Gasteiger partial charge in [0, 0.05) is 18.2 Å². The highest BCUT2D eigenvalue weighted by Gasteiger charge is 2.02. The van der Waals surface area contributed by atoms with Gasteiger partial charge in [-0.05, 0) is 30.9 Å². The molecule has 1 aromatic heterocycles. The van der Waals surface area contributed by atoms with E-state index in [0.29, 0.717) is 6.04 Å². The quantitative estimate of drug-likeness (QED) is 0.575. The average molecular weight is 259 g/mol. The van der Waals surface area contributed by atoms with Crippen molar-refractivity contribution in [2.75, 3.05) is 12.3 Å². The number of rotatable bonds is 8. The molecule has 0 aliphatic rings. The molecule has 1 rings (SSSR count). The Morgan fingerprint density at radius 3 is 2.81 bits per heavy atom. The van der Waals surface area contributed by atoms with Gasteiger partial charge in [-0.1, -0.05) is 32.5 Å². The highest BCUT2D eigenvalue weighted by atomic mass is 32.2. The molecule has 16 heavy (non-hydrogen) atoms. The standard InChI is InChI=1S/C11H21N3S2/c1-4-10-13-11(16-14-10)15-8-6-5-7-12-9(2)3/h9,12H,4-8H2,1-3H3. The van der Waals surface area contributed by atoms with Crippen molar-refractivity contribution < 1.29 is 0 Å². The van der Waals surface area contributed by atoms with Crippen LogP contribution in [0.2, 0.25) is 0 Å². The minimum absolute atomic E-state index is 0.600. The lowest BCUT2D eigenvalue weighted by molar-refractivity contribution is 0.567. The van der Waals surface area contributed by atoms with Crippen molar-refractivity contribution in [3.63, 3.8) is 0 Å². The molecule has 92 valence electrons. The minimum Gasteiger partial charge on any atom is -0.315 e. The number of thioether (sulfide) groups is 1. The van der Waals surface area contributed by atoms with Crippen LogP contribution < -0.4 is 5.32 Å². The minimum atomic E-state index is 0.600. The number of hydrogen-bond acceptors (Lipinski definition) is 5. The first-order valence-electron chi connectivity index (χ1n) is 5.91. The number of aryl methyl sites for hydroxylation is 1. The summed E-state index contributed by atoms with van der Waals surface area (Å²) in [6.45, 7) is 7.58. The normalized spacial score (nSPS) is 11.2. The molecule has 0 amide bonds. The Hall–Kier alpha value is -0.130. The predicted molar refractivity (Wildman–Crippen MR) is 72.4 cm³/mol. The smallest absolute Gasteiger partial charge is 0.170 e. The van der Waals surface area contributed by atoms with Crippen LogP contribution in [-0.2, 0) is 6.42 Å². The van der Waals surface area contributed by atoms with Gasteiger partial charge in [0.2, 0.25) is 0 Å². The lowest BCUT2D eigenvalue weighted by Crippen LogP contribution is -2.23. The van der Waals surface area contributed by atoms with Crippen LogP contribution >= 0.6 is 23.3 Å². The van der Waals surface area contributed by atoms with Gasteiger partial charge in [0.15, 0.2) is 4.34 Å². The Bertz CT molecular complexity index is 287. The highest BCUT2D eigenvalue weighted by molar-refractivity contribution is 8.00. The average Bonchev–Trinajstić information content (AvgIpc) is 2.70. The Labute approximate surface area is 107 Å². The summed E-state index contributed by atoms with van der Waals surface area (Å²) in [6, 6.07) is 0.600. The molecule has 0 fully saturated rings. The topological polar surface area (TPSA) is 37.8 Å². The van der Waals surface area contributed by atoms with Gasteiger partial charge in [0.05, 0.1) is 0 Å². The summed E-state index contributed by atoms with van der Waals surface area (Å²) < 4.78 is 5.39. The fourth-order valence-electron chi connectivity index (χ4n) is 1.22. The molecule has 0 aliphatic heterocycles. The van der Waals surface area contributed by atoms with Gasteiger partial charge in [-0.2, -0.15) is 4.37 Å². The first-order chi connectivity index (χ1) is 7.72. The maximum atomic E-state index is 4.43. The van der Waals surface area contributed by atoms with E-state index in [2.05, 4.69) is 35.4 Å². The van der Waals surface area contributed by atoms with Gasteiger partial charge < -0.3 is 5.32 Å². The summed E-state index contributed by atoms with van der Waals surface area (Å²) in [5.41, 5.74) is 0. The van der Waals surface area contributed by atoms with Gasteiger partial charge in [-0.15, -0.1) is 0 Å². The van der Waals surface area contributed by atoms with Crippen LogP contribution in [0.15, 0.2) is 4.34 Å². The highest BCUT2D eigenvalue weighted by Crippen LogP contribution is 2.21. The fraction of sp³-hybridized carbons (Fsp3) is 0.818. The lowest BCUT2D eigenvalue weighted by atomic mass is 10.3. The van der Waals surface area contributed by atoms with Crippen molar-refractivity contribution in [3.05, 3.63) is 5.82 Å². The van der Waals surface area contributed by atoms with E-state index >= 15 is 0 Å². The van der Waals surface area contributed by atoms with Crippen LogP contribution in [0.3, 0.4) is 0 Å². The van der Waals surface area contributed by atoms with Crippen LogP contribution in [0, 0.1) is 0 Å². The van der Waals surface area contributed by atoms with Crippen LogP contribution in [0.4, 0.5) is 0 Å². The molecule has 1 N–H and O–H groups in total. The van der Waals surface area contributed by atoms with Crippen LogP contribution in [-0.4, -0.2) is 27.7 Å². The second-order valence-corrected chi connectivity index (χ2v) is 6.09. The second kappa shape index (κ2) is 8.03. The molecule has 0 spiro atoms. The van der Waals surface area contributed by atoms with Crippen molar-refractivity contribution in [3.8, 4) is 0 Å². The van der Waals surface area contributed by atoms with Gasteiger partial charge in [0.25, 0.3) is 0 Å². The fourth-order valence-corrected chi connectivity index (χ4v) is 2.98. The maximum absolute atomic E-state index is 4.43. The van der Waals surface area contributed by atoms with E-state index < -0.39 is 0 Å². The molecule has 1 heterocycles. The Morgan fingerprint density at radius 1 is 1.38 bits per heavy atom. The summed E-state index contributed by atoms with van der Waals surface area (Å²) in [5.74, 6) is 2.13. The number of aromatic nitrogens is 2. The summed E-state index contributed by atoms with van der Waals surface area (Å²) in [4.78, 5) is 4.43. The summed E-state index contributed by atoms with van der Waals surface area (Å²) >= 11 is 3.36. The summed E-state index contributed by atoms with van der Waals surface area (Å²) in [5, 5.41) is 3.42. The van der Waals surface area contributed by atoms with Gasteiger partial charge in [0.1, 0.15) is 5.82 Å². The molecule has 5 heteroatoms. The zero-order valence-electron chi connectivity index (χ0n) is 10.3. The Kier molecular flexibility index (Phi) is 7.00. The van der Waals surface area contributed by atoms with Crippen LogP contribution in [0.25, 0.3) is 0 Å². The van der Waals surface area contributed by atoms with Crippen LogP contribution in [0.1, 0.15) is 39.4 Å². The number of nitrogens with one attached hydrogen (secondary N) is 1. The first-order valence-corrected chi connectivity index (χ1v) is 7.67. The molecule has 3 nitrogen and oxygen atoms in total. The monoisotopic (exact) mass is 259 g/mol. The third-order valence-corrected chi connectivity index (χ3v) is 4.07. The zero-order valence-corrected chi connectivity index (χ0v) is 12.0. The molecule has 0 aromatic carbocycles. The van der Waals surface area contributed by atoms with E-state index in [0.717, 1.165) is 28.9 Å². The van der Waals surface area contributed by atoms with Crippen molar-refractivity contribution in [2.24, 2.45) is 0 Å². The Morgan fingerprint density at radius 2 is 2.19 bits per heavy atom. The van der Waals surface area contributed by atoms with E-state index in [1.54, 1.807) is 0 Å². The van der Waals surface area contributed by atoms with E-state index in [1.807, 2.05) is 11.8 Å². The zero-order chi connectivity index (χ0) is 11.8. The van der Waals surface area contributed by atoms with Gasteiger partial charge in [-0.25, -0.2) is 4.98 Å². The predicted octanol–water partition coefficient (Wildman–Crippen LogP) is 2.97. The van der Waals surface area contributed by atoms with Gasteiger partial charge >= 0.3 is 0 Å². The molecular weight excluding hydrogens is 238 g/mol. The molecule has 0 saturated heterocycles. The van der Waals surface area contributed by atoms with Crippen molar-refractivity contribution >= 4 is 23.3 Å². The van der Waals surface area contributed by atoms with Gasteiger partial charge in [-0.3, -0.25) is 0 Å². The molecule has 0 aliphatic carbocycles. The van der Waals surface area contributed by atoms with Crippen LogP contribution in [0.5, 0.6) is 0 Å². The van der Waals surface area contributed by atoms with E-state index in [4.69, 9.17) is 0 Å². The van der Waals surface area contributed by atoms with Crippen molar-refractivity contribution in [1.82, 2.24) is 14.7 Å². The summed E-state index contributed by atoms with van der Waals surface area (Å²) in [7, 11) is 0. The second-order valence-electron chi connectivity index (χ2n) is 3.99. The SMILES string of the molecule is CCc1nsc(SCCCCNC(C)C)n1. The Balaban J connectivity index is 2.02. The molecule has 0 saturated carbocycles. The van der Waals surface area contributed by atoms with Crippen molar-refractivity contribution in [2.45, 2.75) is 50.4 Å². The molecule has 0 unspecified atom stereocenters. The largest absolute Gasteiger partial charge is 0.315 e. The molecule has 0 radical (unpaired) electrons. The summed E-state index contributed by atoms with van der Waals surface area (Å²) in [6.07, 6.45) is 3.42. The van der Waals surface area contributed by atoms with E-state index in [-0.39, 0.29) is 0 Å².